The molecule has 1 aromatic carbocycles. The predicted molar refractivity (Wildman–Crippen MR) is 79.7 cm³/mol. The van der Waals surface area contributed by atoms with E-state index in [9.17, 15) is 13.2 Å². The molecule has 7 heteroatoms. The molecule has 0 saturated heterocycles. The van der Waals surface area contributed by atoms with Crippen LogP contribution >= 0.6 is 15.9 Å². The minimum absolute atomic E-state index is 0.285. The predicted octanol–water partition coefficient (Wildman–Crippen LogP) is 1.54. The molecule has 0 aromatic heterocycles. The SMILES string of the molecule is CC(CCN)S(=O)(=O)CC(=O)Nc1cccc(Br)c1. The molecule has 0 aliphatic carbocycles. The largest absolute Gasteiger partial charge is 0.330 e. The van der Waals surface area contributed by atoms with E-state index in [2.05, 4.69) is 21.2 Å². The zero-order valence-corrected chi connectivity index (χ0v) is 13.0. The van der Waals surface area contributed by atoms with Gasteiger partial charge in [-0.25, -0.2) is 8.42 Å². The van der Waals surface area contributed by atoms with Gasteiger partial charge in [-0.2, -0.15) is 0 Å². The third-order valence-electron chi connectivity index (χ3n) is 2.63. The third-order valence-corrected chi connectivity index (χ3v) is 5.25. The first kappa shape index (κ1) is 16.1. The van der Waals surface area contributed by atoms with Crippen LogP contribution in [0.15, 0.2) is 28.7 Å². The first-order valence-corrected chi connectivity index (χ1v) is 8.33. The molecular weight excluding hydrogens is 332 g/mol. The molecule has 1 amide bonds. The van der Waals surface area contributed by atoms with Crippen LogP contribution in [-0.2, 0) is 14.6 Å². The van der Waals surface area contributed by atoms with Gasteiger partial charge in [0.2, 0.25) is 5.91 Å². The van der Waals surface area contributed by atoms with Gasteiger partial charge in [0, 0.05) is 10.2 Å². The Bertz CT molecular complexity index is 546. The Kier molecular flexibility index (Phi) is 5.96. The van der Waals surface area contributed by atoms with E-state index in [4.69, 9.17) is 5.73 Å². The van der Waals surface area contributed by atoms with Crippen molar-refractivity contribution in [3.8, 4) is 0 Å². The molecule has 0 aliphatic rings. The van der Waals surface area contributed by atoms with Crippen LogP contribution in [-0.4, -0.2) is 31.9 Å². The quantitative estimate of drug-likeness (QED) is 0.815. The van der Waals surface area contributed by atoms with Crippen LogP contribution in [0.1, 0.15) is 13.3 Å². The summed E-state index contributed by atoms with van der Waals surface area (Å²) in [6.07, 6.45) is 0.354. The topological polar surface area (TPSA) is 89.3 Å². The van der Waals surface area contributed by atoms with E-state index < -0.39 is 26.7 Å². The lowest BCUT2D eigenvalue weighted by molar-refractivity contribution is -0.113. The molecule has 5 nitrogen and oxygen atoms in total. The first-order chi connectivity index (χ1) is 8.85. The molecule has 1 unspecified atom stereocenters. The molecule has 0 spiro atoms. The monoisotopic (exact) mass is 348 g/mol. The van der Waals surface area contributed by atoms with E-state index >= 15 is 0 Å². The summed E-state index contributed by atoms with van der Waals surface area (Å²) in [5.41, 5.74) is 5.88. The lowest BCUT2D eigenvalue weighted by Crippen LogP contribution is -2.30. The number of hydrogen-bond donors (Lipinski definition) is 2. The van der Waals surface area contributed by atoms with E-state index in [-0.39, 0.29) is 6.54 Å². The van der Waals surface area contributed by atoms with Crippen molar-refractivity contribution >= 4 is 37.4 Å². The number of carbonyl (C=O) groups is 1. The number of carbonyl (C=O) groups excluding carboxylic acids is 1. The molecule has 19 heavy (non-hydrogen) atoms. The summed E-state index contributed by atoms with van der Waals surface area (Å²) in [4.78, 5) is 11.7. The number of hydrogen-bond acceptors (Lipinski definition) is 4. The van der Waals surface area contributed by atoms with Gasteiger partial charge in [-0.15, -0.1) is 0 Å². The summed E-state index contributed by atoms with van der Waals surface area (Å²) in [5.74, 6) is -1.07. The average Bonchev–Trinajstić information content (AvgIpc) is 2.28. The van der Waals surface area contributed by atoms with Gasteiger partial charge in [0.1, 0.15) is 5.75 Å². The maximum absolute atomic E-state index is 11.9. The van der Waals surface area contributed by atoms with Gasteiger partial charge >= 0.3 is 0 Å². The van der Waals surface area contributed by atoms with Crippen LogP contribution in [0.25, 0.3) is 0 Å². The van der Waals surface area contributed by atoms with Gasteiger partial charge in [0.15, 0.2) is 9.84 Å². The second-order valence-corrected chi connectivity index (χ2v) is 7.59. The zero-order chi connectivity index (χ0) is 14.5. The van der Waals surface area contributed by atoms with Crippen LogP contribution in [0.5, 0.6) is 0 Å². The van der Waals surface area contributed by atoms with Gasteiger partial charge in [0.25, 0.3) is 0 Å². The molecule has 0 aliphatic heterocycles. The Morgan fingerprint density at radius 3 is 2.74 bits per heavy atom. The van der Waals surface area contributed by atoms with Crippen molar-refractivity contribution in [1.29, 1.82) is 0 Å². The Labute approximate surface area is 121 Å². The highest BCUT2D eigenvalue weighted by molar-refractivity contribution is 9.10. The summed E-state index contributed by atoms with van der Waals surface area (Å²) < 4.78 is 24.5. The Morgan fingerprint density at radius 1 is 1.47 bits per heavy atom. The van der Waals surface area contributed by atoms with Crippen molar-refractivity contribution in [3.63, 3.8) is 0 Å². The normalized spacial score (nSPS) is 13.0. The van der Waals surface area contributed by atoms with Crippen LogP contribution in [0.3, 0.4) is 0 Å². The van der Waals surface area contributed by atoms with Gasteiger partial charge in [-0.1, -0.05) is 22.0 Å². The lowest BCUT2D eigenvalue weighted by atomic mass is 10.3. The van der Waals surface area contributed by atoms with Crippen molar-refractivity contribution < 1.29 is 13.2 Å². The highest BCUT2D eigenvalue weighted by Crippen LogP contribution is 2.16. The molecule has 0 saturated carbocycles. The number of nitrogens with two attached hydrogens (primary N) is 1. The number of benzene rings is 1. The molecule has 106 valence electrons. The van der Waals surface area contributed by atoms with Gasteiger partial charge < -0.3 is 11.1 Å². The molecule has 1 atom stereocenters. The number of halogens is 1. The maximum Gasteiger partial charge on any atom is 0.239 e. The molecule has 3 N–H and O–H groups in total. The minimum atomic E-state index is -3.46. The number of rotatable bonds is 6. The highest BCUT2D eigenvalue weighted by Gasteiger charge is 2.23. The van der Waals surface area contributed by atoms with Crippen LogP contribution < -0.4 is 11.1 Å². The lowest BCUT2D eigenvalue weighted by Gasteiger charge is -2.12. The number of amides is 1. The van der Waals surface area contributed by atoms with E-state index in [1.807, 2.05) is 6.07 Å². The van der Waals surface area contributed by atoms with E-state index in [0.717, 1.165) is 4.47 Å². The fraction of sp³-hybridized carbons (Fsp3) is 0.417. The van der Waals surface area contributed by atoms with Crippen molar-refractivity contribution in [1.82, 2.24) is 0 Å². The second kappa shape index (κ2) is 7.02. The highest BCUT2D eigenvalue weighted by atomic mass is 79.9. The zero-order valence-electron chi connectivity index (χ0n) is 10.6. The van der Waals surface area contributed by atoms with Crippen LogP contribution in [0, 0.1) is 0 Å². The van der Waals surface area contributed by atoms with Crippen LogP contribution in [0.2, 0.25) is 0 Å². The fourth-order valence-electron chi connectivity index (χ4n) is 1.50. The third kappa shape index (κ3) is 5.30. The maximum atomic E-state index is 11.9. The molecule has 0 fully saturated rings. The van der Waals surface area contributed by atoms with Crippen molar-refractivity contribution in [2.45, 2.75) is 18.6 Å². The summed E-state index contributed by atoms with van der Waals surface area (Å²) in [6.45, 7) is 1.85. The van der Waals surface area contributed by atoms with Gasteiger partial charge in [-0.05, 0) is 38.1 Å². The smallest absolute Gasteiger partial charge is 0.239 e. The van der Waals surface area contributed by atoms with Crippen molar-refractivity contribution in [3.05, 3.63) is 28.7 Å². The van der Waals surface area contributed by atoms with Crippen molar-refractivity contribution in [2.75, 3.05) is 17.6 Å². The van der Waals surface area contributed by atoms with E-state index in [1.54, 1.807) is 25.1 Å². The van der Waals surface area contributed by atoms with Crippen molar-refractivity contribution in [2.24, 2.45) is 5.73 Å². The molecule has 0 heterocycles. The standard InChI is InChI=1S/C12H17BrN2O3S/c1-9(5-6-14)19(17,18)8-12(16)15-11-4-2-3-10(13)7-11/h2-4,7,9H,5-6,8,14H2,1H3,(H,15,16). The van der Waals surface area contributed by atoms with Crippen LogP contribution in [0.4, 0.5) is 5.69 Å². The minimum Gasteiger partial charge on any atom is -0.330 e. The molecule has 1 aromatic rings. The Morgan fingerprint density at radius 2 is 2.16 bits per heavy atom. The average molecular weight is 349 g/mol. The Hall–Kier alpha value is -0.920. The fourth-order valence-corrected chi connectivity index (χ4v) is 3.12. The molecule has 0 bridgehead atoms. The summed E-state index contributed by atoms with van der Waals surface area (Å²) in [6, 6.07) is 6.97. The number of sulfone groups is 1. The van der Waals surface area contributed by atoms with E-state index in [1.165, 1.54) is 0 Å². The van der Waals surface area contributed by atoms with Gasteiger partial charge in [0.05, 0.1) is 5.25 Å². The summed E-state index contributed by atoms with van der Waals surface area (Å²) >= 11 is 3.27. The summed E-state index contributed by atoms with van der Waals surface area (Å²) in [5, 5.41) is 1.95. The van der Waals surface area contributed by atoms with E-state index in [0.29, 0.717) is 12.1 Å². The molecular formula is C12H17BrN2O3S. The number of nitrogens with one attached hydrogen (secondary N) is 1. The molecule has 1 rings (SSSR count). The van der Waals surface area contributed by atoms with Gasteiger partial charge in [-0.3, -0.25) is 4.79 Å². The first-order valence-electron chi connectivity index (χ1n) is 5.82. The number of anilines is 1. The summed E-state index contributed by atoms with van der Waals surface area (Å²) in [7, 11) is -3.46. The Balaban J connectivity index is 2.65. The second-order valence-electron chi connectivity index (χ2n) is 4.25. The molecule has 0 radical (unpaired) electrons.